The molecule has 0 heterocycles. The van der Waals surface area contributed by atoms with Gasteiger partial charge >= 0.3 is 5.69 Å². The van der Waals surface area contributed by atoms with E-state index in [9.17, 15) is 28.5 Å². The lowest BCUT2D eigenvalue weighted by atomic mass is 9.91. The number of ketones is 1. The van der Waals surface area contributed by atoms with Crippen LogP contribution in [0.3, 0.4) is 0 Å². The van der Waals surface area contributed by atoms with Crippen molar-refractivity contribution in [1.29, 1.82) is 0 Å². The fourth-order valence-electron chi connectivity index (χ4n) is 1.39. The Hall–Kier alpha value is -2.38. The molecule has 0 aliphatic carbocycles. The number of carbonyl (C=O) groups is 2. The number of Topliss-reactive ketones (excluding diaryl/α,β-unsaturated/α-hetero) is 1. The quantitative estimate of drug-likeness (QED) is 0.682. The van der Waals surface area contributed by atoms with Gasteiger partial charge in [-0.25, -0.2) is 4.39 Å². The number of nitro benzene ring substituents is 1. The van der Waals surface area contributed by atoms with E-state index in [1.165, 1.54) is 0 Å². The maximum atomic E-state index is 13.8. The first kappa shape index (κ1) is 16.7. The van der Waals surface area contributed by atoms with Gasteiger partial charge in [-0.3, -0.25) is 19.7 Å². The average molecular weight is 300 g/mol. The van der Waals surface area contributed by atoms with E-state index in [4.69, 9.17) is 0 Å². The number of benzene rings is 1. The molecule has 0 saturated carbocycles. The van der Waals surface area contributed by atoms with Crippen LogP contribution in [0.2, 0.25) is 0 Å². The van der Waals surface area contributed by atoms with E-state index in [0.717, 1.165) is 0 Å². The number of hydrogen-bond donors (Lipinski definition) is 1. The summed E-state index contributed by atoms with van der Waals surface area (Å²) >= 11 is 0. The van der Waals surface area contributed by atoms with E-state index in [0.29, 0.717) is 12.1 Å². The van der Waals surface area contributed by atoms with Gasteiger partial charge in [0, 0.05) is 5.41 Å². The molecule has 0 aromatic heterocycles. The molecule has 1 N–H and O–H groups in total. The van der Waals surface area contributed by atoms with Gasteiger partial charge in [0.25, 0.3) is 5.91 Å². The van der Waals surface area contributed by atoms with Crippen LogP contribution in [-0.2, 0) is 4.79 Å². The maximum absolute atomic E-state index is 13.8. The van der Waals surface area contributed by atoms with Crippen molar-refractivity contribution >= 4 is 17.4 Å². The molecule has 21 heavy (non-hydrogen) atoms. The lowest BCUT2D eigenvalue weighted by molar-refractivity contribution is -0.387. The molecule has 8 heteroatoms. The Bertz CT molecular complexity index is 609. The van der Waals surface area contributed by atoms with E-state index in [-0.39, 0.29) is 12.3 Å². The number of nitro groups is 1. The minimum absolute atomic E-state index is 0.317. The summed E-state index contributed by atoms with van der Waals surface area (Å²) in [6.07, 6.45) is 0. The van der Waals surface area contributed by atoms with Gasteiger partial charge in [0.05, 0.1) is 23.1 Å². The monoisotopic (exact) mass is 300 g/mol. The van der Waals surface area contributed by atoms with Crippen molar-refractivity contribution < 1.29 is 23.3 Å². The number of hydrogen-bond acceptors (Lipinski definition) is 4. The third kappa shape index (κ3) is 4.04. The summed E-state index contributed by atoms with van der Waals surface area (Å²) in [6.45, 7) is 4.52. The summed E-state index contributed by atoms with van der Waals surface area (Å²) in [4.78, 5) is 32.8. The molecule has 0 unspecified atom stereocenters. The van der Waals surface area contributed by atoms with Crippen molar-refractivity contribution in [3.8, 4) is 0 Å². The second-order valence-corrected chi connectivity index (χ2v) is 5.40. The van der Waals surface area contributed by atoms with Crippen LogP contribution < -0.4 is 5.32 Å². The maximum Gasteiger partial charge on any atom is 0.308 e. The van der Waals surface area contributed by atoms with Crippen molar-refractivity contribution in [2.45, 2.75) is 20.8 Å². The molecule has 6 nitrogen and oxygen atoms in total. The molecule has 1 aromatic rings. The van der Waals surface area contributed by atoms with Gasteiger partial charge in [-0.2, -0.15) is 4.39 Å². The Morgan fingerprint density at radius 2 is 1.86 bits per heavy atom. The molecule has 0 spiro atoms. The second-order valence-electron chi connectivity index (χ2n) is 5.40. The Morgan fingerprint density at radius 1 is 1.29 bits per heavy atom. The SMILES string of the molecule is CC(C)(C)C(=O)CNC(=O)c1cc(F)cc([N+](=O)[O-])c1F. The van der Waals surface area contributed by atoms with Crippen LogP contribution in [0.4, 0.5) is 14.5 Å². The molecule has 0 fully saturated rings. The van der Waals surface area contributed by atoms with Gasteiger partial charge in [-0.15, -0.1) is 0 Å². The fraction of sp³-hybridized carbons (Fsp3) is 0.385. The number of amides is 1. The Morgan fingerprint density at radius 3 is 2.33 bits per heavy atom. The lowest BCUT2D eigenvalue weighted by Gasteiger charge is -2.16. The minimum Gasteiger partial charge on any atom is -0.345 e. The van der Waals surface area contributed by atoms with Crippen molar-refractivity contribution in [3.63, 3.8) is 0 Å². The summed E-state index contributed by atoms with van der Waals surface area (Å²) < 4.78 is 27.0. The molecule has 0 aliphatic heterocycles. The number of rotatable bonds is 4. The van der Waals surface area contributed by atoms with Gasteiger partial charge < -0.3 is 5.32 Å². The highest BCUT2D eigenvalue weighted by Crippen LogP contribution is 2.22. The van der Waals surface area contributed by atoms with Crippen LogP contribution in [0.5, 0.6) is 0 Å². The van der Waals surface area contributed by atoms with E-state index < -0.39 is 39.1 Å². The summed E-state index contributed by atoms with van der Waals surface area (Å²) in [5.74, 6) is -3.97. The molecular formula is C13H14F2N2O4. The highest BCUT2D eigenvalue weighted by atomic mass is 19.1. The number of halogens is 2. The van der Waals surface area contributed by atoms with Crippen molar-refractivity contribution in [3.05, 3.63) is 39.4 Å². The number of carbonyl (C=O) groups excluding carboxylic acids is 2. The molecule has 0 bridgehead atoms. The van der Waals surface area contributed by atoms with Crippen LogP contribution in [-0.4, -0.2) is 23.2 Å². The number of nitrogens with zero attached hydrogens (tertiary/aromatic N) is 1. The van der Waals surface area contributed by atoms with Crippen LogP contribution >= 0.6 is 0 Å². The first-order valence-corrected chi connectivity index (χ1v) is 5.99. The lowest BCUT2D eigenvalue weighted by Crippen LogP contribution is -2.35. The summed E-state index contributed by atoms with van der Waals surface area (Å²) in [7, 11) is 0. The molecule has 1 aromatic carbocycles. The zero-order valence-electron chi connectivity index (χ0n) is 11.7. The largest absolute Gasteiger partial charge is 0.345 e. The number of nitrogens with one attached hydrogen (secondary N) is 1. The minimum atomic E-state index is -1.44. The zero-order chi connectivity index (χ0) is 16.4. The highest BCUT2D eigenvalue weighted by Gasteiger charge is 2.26. The highest BCUT2D eigenvalue weighted by molar-refractivity contribution is 5.98. The predicted octanol–water partition coefficient (Wildman–Crippen LogP) is 2.22. The van der Waals surface area contributed by atoms with Crippen molar-refractivity contribution in [1.82, 2.24) is 5.32 Å². The van der Waals surface area contributed by atoms with Gasteiger partial charge in [0.15, 0.2) is 5.78 Å². The molecule has 0 radical (unpaired) electrons. The van der Waals surface area contributed by atoms with E-state index in [2.05, 4.69) is 5.32 Å². The van der Waals surface area contributed by atoms with E-state index in [1.807, 2.05) is 0 Å². The summed E-state index contributed by atoms with van der Waals surface area (Å²) in [6, 6.07) is 0.922. The van der Waals surface area contributed by atoms with Crippen molar-refractivity contribution in [2.24, 2.45) is 5.41 Å². The van der Waals surface area contributed by atoms with Gasteiger partial charge in [-0.05, 0) is 6.07 Å². The van der Waals surface area contributed by atoms with E-state index >= 15 is 0 Å². The van der Waals surface area contributed by atoms with Crippen LogP contribution in [0.25, 0.3) is 0 Å². The van der Waals surface area contributed by atoms with Gasteiger partial charge in [0.2, 0.25) is 5.82 Å². The molecule has 0 atom stereocenters. The zero-order valence-corrected chi connectivity index (χ0v) is 11.7. The molecule has 1 amide bonds. The summed E-state index contributed by atoms with van der Waals surface area (Å²) in [5.41, 5.74) is -2.66. The normalized spacial score (nSPS) is 11.1. The summed E-state index contributed by atoms with van der Waals surface area (Å²) in [5, 5.41) is 12.7. The topological polar surface area (TPSA) is 89.3 Å². The molecule has 114 valence electrons. The predicted molar refractivity (Wildman–Crippen MR) is 69.8 cm³/mol. The van der Waals surface area contributed by atoms with E-state index in [1.54, 1.807) is 20.8 Å². The molecule has 0 saturated heterocycles. The second kappa shape index (κ2) is 5.94. The fourth-order valence-corrected chi connectivity index (χ4v) is 1.39. The first-order chi connectivity index (χ1) is 9.54. The Kier molecular flexibility index (Phi) is 4.72. The molecule has 0 aliphatic rings. The van der Waals surface area contributed by atoms with Crippen LogP contribution in [0.1, 0.15) is 31.1 Å². The van der Waals surface area contributed by atoms with Crippen LogP contribution in [0, 0.1) is 27.2 Å². The smallest absolute Gasteiger partial charge is 0.308 e. The molecule has 1 rings (SSSR count). The molecular weight excluding hydrogens is 286 g/mol. The average Bonchev–Trinajstić information content (AvgIpc) is 2.36. The van der Waals surface area contributed by atoms with Gasteiger partial charge in [0.1, 0.15) is 5.82 Å². The third-order valence-electron chi connectivity index (χ3n) is 2.71. The third-order valence-corrected chi connectivity index (χ3v) is 2.71. The van der Waals surface area contributed by atoms with Gasteiger partial charge in [-0.1, -0.05) is 20.8 Å². The standard InChI is InChI=1S/C13H14F2N2O4/c1-13(2,3)10(18)6-16-12(19)8-4-7(14)5-9(11(8)15)17(20)21/h4-5H,6H2,1-3H3,(H,16,19). The Balaban J connectivity index is 2.99. The van der Waals surface area contributed by atoms with Crippen molar-refractivity contribution in [2.75, 3.05) is 6.54 Å². The first-order valence-electron chi connectivity index (χ1n) is 5.99. The Labute approximate surface area is 119 Å². The van der Waals surface area contributed by atoms with Crippen LogP contribution in [0.15, 0.2) is 12.1 Å².